The summed E-state index contributed by atoms with van der Waals surface area (Å²) >= 11 is 1.86. The Morgan fingerprint density at radius 1 is 1.00 bits per heavy atom. The smallest absolute Gasteiger partial charge is 0.231 e. The molecule has 0 N–H and O–H groups in total. The molecule has 0 aliphatic carbocycles. The summed E-state index contributed by atoms with van der Waals surface area (Å²) in [6, 6.07) is 7.93. The van der Waals surface area contributed by atoms with E-state index in [2.05, 4.69) is 21.2 Å². The number of ketones is 1. The Bertz CT molecular complexity index is 875. The van der Waals surface area contributed by atoms with E-state index < -0.39 is 0 Å². The lowest BCUT2D eigenvalue weighted by atomic mass is 9.90. The zero-order valence-corrected chi connectivity index (χ0v) is 17.6. The average Bonchev–Trinajstić information content (AvgIpc) is 3.50. The lowest BCUT2D eigenvalue weighted by Gasteiger charge is -2.31. The molecule has 1 aromatic carbocycles. The number of rotatable bonds is 6. The van der Waals surface area contributed by atoms with Crippen LogP contribution < -0.4 is 9.47 Å². The van der Waals surface area contributed by atoms with Crippen LogP contribution in [0.1, 0.15) is 46.5 Å². The van der Waals surface area contributed by atoms with Crippen molar-refractivity contribution in [1.29, 1.82) is 0 Å². The van der Waals surface area contributed by atoms with Crippen LogP contribution >= 0.6 is 11.3 Å². The van der Waals surface area contributed by atoms with Crippen molar-refractivity contribution < 1.29 is 14.3 Å². The van der Waals surface area contributed by atoms with Gasteiger partial charge in [0, 0.05) is 36.0 Å². The predicted molar refractivity (Wildman–Crippen MR) is 114 cm³/mol. The van der Waals surface area contributed by atoms with Crippen LogP contribution in [0.3, 0.4) is 0 Å². The molecule has 29 heavy (non-hydrogen) atoms. The molecule has 2 saturated heterocycles. The average molecular weight is 413 g/mol. The van der Waals surface area contributed by atoms with Gasteiger partial charge in [0.1, 0.15) is 0 Å². The second-order valence-electron chi connectivity index (χ2n) is 8.41. The van der Waals surface area contributed by atoms with Crippen molar-refractivity contribution in [2.75, 3.05) is 33.0 Å². The number of carbonyl (C=O) groups is 1. The molecule has 0 saturated carbocycles. The maximum Gasteiger partial charge on any atom is 0.231 e. The maximum atomic E-state index is 13.1. The van der Waals surface area contributed by atoms with E-state index in [1.807, 2.05) is 29.5 Å². The van der Waals surface area contributed by atoms with Gasteiger partial charge in [-0.3, -0.25) is 14.6 Å². The number of likely N-dealkylation sites (tertiary alicyclic amines) is 2. The van der Waals surface area contributed by atoms with Gasteiger partial charge < -0.3 is 9.47 Å². The van der Waals surface area contributed by atoms with Gasteiger partial charge in [-0.2, -0.15) is 0 Å². The third kappa shape index (κ3) is 4.34. The molecule has 0 radical (unpaired) electrons. The zero-order valence-electron chi connectivity index (χ0n) is 16.8. The van der Waals surface area contributed by atoms with Crippen molar-refractivity contribution in [1.82, 2.24) is 9.80 Å². The molecule has 5 nitrogen and oxygen atoms in total. The molecule has 1 aromatic heterocycles. The number of carbonyl (C=O) groups excluding carboxylic acids is 1. The summed E-state index contributed by atoms with van der Waals surface area (Å²) in [4.78, 5) is 19.5. The Labute approximate surface area is 176 Å². The van der Waals surface area contributed by atoms with Crippen molar-refractivity contribution >= 4 is 17.1 Å². The number of piperidine rings is 1. The first-order valence-electron chi connectivity index (χ1n) is 10.7. The fourth-order valence-corrected chi connectivity index (χ4v) is 5.63. The molecular formula is C23H28N2O3S. The summed E-state index contributed by atoms with van der Waals surface area (Å²) in [6.07, 6.45) is 4.72. The minimum Gasteiger partial charge on any atom is -0.454 e. The Hall–Kier alpha value is -1.89. The lowest BCUT2D eigenvalue weighted by Crippen LogP contribution is -2.38. The fraction of sp³-hybridized carbons (Fsp3) is 0.522. The van der Waals surface area contributed by atoms with Gasteiger partial charge in [-0.15, -0.1) is 11.3 Å². The van der Waals surface area contributed by atoms with Gasteiger partial charge in [0.25, 0.3) is 0 Å². The molecule has 3 aliphatic rings. The highest BCUT2D eigenvalue weighted by Crippen LogP contribution is 2.34. The highest BCUT2D eigenvalue weighted by atomic mass is 32.1. The lowest BCUT2D eigenvalue weighted by molar-refractivity contribution is 0.0812. The summed E-state index contributed by atoms with van der Waals surface area (Å²) in [5, 5.41) is 2.31. The van der Waals surface area contributed by atoms with Crippen molar-refractivity contribution in [3.05, 3.63) is 45.6 Å². The Kier molecular flexibility index (Phi) is 5.57. The summed E-state index contributed by atoms with van der Waals surface area (Å²) < 4.78 is 10.8. The molecule has 6 heteroatoms. The summed E-state index contributed by atoms with van der Waals surface area (Å²) in [5.41, 5.74) is 2.18. The molecular weight excluding hydrogens is 384 g/mol. The van der Waals surface area contributed by atoms with Crippen LogP contribution in [0, 0.1) is 5.92 Å². The molecule has 2 fully saturated rings. The molecule has 0 spiro atoms. The van der Waals surface area contributed by atoms with Gasteiger partial charge in [-0.25, -0.2) is 0 Å². The van der Waals surface area contributed by atoms with Gasteiger partial charge in [-0.1, -0.05) is 0 Å². The summed E-state index contributed by atoms with van der Waals surface area (Å²) in [7, 11) is 0. The van der Waals surface area contributed by atoms with Crippen molar-refractivity contribution in [2.24, 2.45) is 5.92 Å². The van der Waals surface area contributed by atoms with Crippen LogP contribution in [0.15, 0.2) is 29.6 Å². The van der Waals surface area contributed by atoms with E-state index in [9.17, 15) is 4.79 Å². The SMILES string of the molecule is O=C(c1ccc2c(c1)OCO2)[C@@H]1CCCN(Cc2cc(CN3CCCC3)cs2)C1. The van der Waals surface area contributed by atoms with E-state index >= 15 is 0 Å². The number of ether oxygens (including phenoxy) is 2. The molecule has 2 aromatic rings. The molecule has 154 valence electrons. The largest absolute Gasteiger partial charge is 0.454 e. The molecule has 5 rings (SSSR count). The Morgan fingerprint density at radius 3 is 2.72 bits per heavy atom. The summed E-state index contributed by atoms with van der Waals surface area (Å²) in [6.45, 7) is 6.67. The van der Waals surface area contributed by atoms with Crippen LogP contribution in [0.5, 0.6) is 11.5 Å². The van der Waals surface area contributed by atoms with Gasteiger partial charge >= 0.3 is 0 Å². The number of Topliss-reactive ketones (excluding diaryl/α,β-unsaturated/α-hetero) is 1. The van der Waals surface area contributed by atoms with Crippen molar-refractivity contribution in [3.8, 4) is 11.5 Å². The third-order valence-corrected chi connectivity index (χ3v) is 7.20. The number of benzene rings is 1. The maximum absolute atomic E-state index is 13.1. The number of thiophene rings is 1. The van der Waals surface area contributed by atoms with Crippen LogP contribution in [0.4, 0.5) is 0 Å². The standard InChI is InChI=1S/C23H28N2O3S/c26-23(18-5-6-21-22(11-18)28-16-27-21)19-4-3-9-25(13-19)14-20-10-17(15-29-20)12-24-7-1-2-8-24/h5-6,10-11,15,19H,1-4,7-9,12-14,16H2/t19-/m1/s1. The minimum atomic E-state index is 0.0631. The highest BCUT2D eigenvalue weighted by molar-refractivity contribution is 7.10. The van der Waals surface area contributed by atoms with Gasteiger partial charge in [-0.05, 0) is 80.5 Å². The topological polar surface area (TPSA) is 42.0 Å². The minimum absolute atomic E-state index is 0.0631. The van der Waals surface area contributed by atoms with E-state index in [1.54, 1.807) is 0 Å². The van der Waals surface area contributed by atoms with E-state index in [0.29, 0.717) is 5.75 Å². The van der Waals surface area contributed by atoms with Crippen molar-refractivity contribution in [2.45, 2.75) is 38.8 Å². The number of fused-ring (bicyclic) bond motifs is 1. The van der Waals surface area contributed by atoms with E-state index in [-0.39, 0.29) is 18.5 Å². The van der Waals surface area contributed by atoms with Crippen LogP contribution in [0.25, 0.3) is 0 Å². The van der Waals surface area contributed by atoms with Crippen LogP contribution in [-0.2, 0) is 13.1 Å². The molecule has 0 bridgehead atoms. The van der Waals surface area contributed by atoms with E-state index in [4.69, 9.17) is 9.47 Å². The first-order valence-corrected chi connectivity index (χ1v) is 11.6. The number of nitrogens with zero attached hydrogens (tertiary/aromatic N) is 2. The van der Waals surface area contributed by atoms with Gasteiger partial charge in [0.15, 0.2) is 17.3 Å². The molecule has 0 unspecified atom stereocenters. The first-order chi connectivity index (χ1) is 14.2. The fourth-order valence-electron chi connectivity index (χ4n) is 4.71. The second-order valence-corrected chi connectivity index (χ2v) is 9.41. The molecule has 0 amide bonds. The number of hydrogen-bond acceptors (Lipinski definition) is 6. The second kappa shape index (κ2) is 8.46. The summed E-state index contributed by atoms with van der Waals surface area (Å²) in [5.74, 6) is 1.71. The molecule has 1 atom stereocenters. The van der Waals surface area contributed by atoms with Gasteiger partial charge in [0.05, 0.1) is 0 Å². The third-order valence-electron chi connectivity index (χ3n) is 6.23. The molecule has 3 aliphatic heterocycles. The van der Waals surface area contributed by atoms with Crippen LogP contribution in [0.2, 0.25) is 0 Å². The van der Waals surface area contributed by atoms with Crippen LogP contribution in [-0.4, -0.2) is 48.6 Å². The number of hydrogen-bond donors (Lipinski definition) is 0. The monoisotopic (exact) mass is 412 g/mol. The van der Waals surface area contributed by atoms with E-state index in [0.717, 1.165) is 50.3 Å². The first kappa shape index (κ1) is 19.1. The Morgan fingerprint density at radius 2 is 1.83 bits per heavy atom. The molecule has 4 heterocycles. The van der Waals surface area contributed by atoms with Gasteiger partial charge in [0.2, 0.25) is 6.79 Å². The predicted octanol–water partition coefficient (Wildman–Crippen LogP) is 4.17. The quantitative estimate of drug-likeness (QED) is 0.666. The Balaban J connectivity index is 1.19. The zero-order chi connectivity index (χ0) is 19.6. The van der Waals surface area contributed by atoms with Crippen molar-refractivity contribution in [3.63, 3.8) is 0 Å². The highest BCUT2D eigenvalue weighted by Gasteiger charge is 2.28. The normalized spacial score (nSPS) is 22.3. The van der Waals surface area contributed by atoms with E-state index in [1.165, 1.54) is 36.4 Å².